The Hall–Kier alpha value is -2.62. The summed E-state index contributed by atoms with van der Waals surface area (Å²) in [5, 5.41) is 5.93. The number of hydrogen-bond acceptors (Lipinski definition) is 3. The van der Waals surface area contributed by atoms with Crippen molar-refractivity contribution in [2.24, 2.45) is 10.4 Å². The van der Waals surface area contributed by atoms with Crippen LogP contribution in [-0.2, 0) is 13.2 Å². The molecule has 0 saturated carbocycles. The fourth-order valence-corrected chi connectivity index (χ4v) is 3.14. The molecule has 128 valence electrons. The van der Waals surface area contributed by atoms with Crippen molar-refractivity contribution in [1.29, 1.82) is 0 Å². The minimum atomic E-state index is 0.124. The van der Waals surface area contributed by atoms with Gasteiger partial charge < -0.3 is 4.74 Å². The van der Waals surface area contributed by atoms with Gasteiger partial charge in [0.2, 0.25) is 0 Å². The van der Waals surface area contributed by atoms with Gasteiger partial charge in [-0.25, -0.2) is 0 Å². The fraction of sp³-hybridized carbons (Fsp3) is 0.333. The highest BCUT2D eigenvalue weighted by Gasteiger charge is 2.28. The molecule has 1 aliphatic heterocycles. The lowest BCUT2D eigenvalue weighted by Gasteiger charge is -2.29. The monoisotopic (exact) mass is 333 g/mol. The Bertz CT molecular complexity index is 919. The third-order valence-corrected chi connectivity index (χ3v) is 4.73. The Labute approximate surface area is 148 Å². The van der Waals surface area contributed by atoms with E-state index in [0.717, 1.165) is 34.5 Å². The van der Waals surface area contributed by atoms with Gasteiger partial charge in [0.15, 0.2) is 0 Å². The molecule has 4 nitrogen and oxygen atoms in total. The first-order valence-corrected chi connectivity index (χ1v) is 8.72. The van der Waals surface area contributed by atoms with Crippen LogP contribution in [0.4, 0.5) is 0 Å². The summed E-state index contributed by atoms with van der Waals surface area (Å²) in [6.45, 7) is 8.01. The van der Waals surface area contributed by atoms with E-state index in [9.17, 15) is 0 Å². The summed E-state index contributed by atoms with van der Waals surface area (Å²) >= 11 is 0. The van der Waals surface area contributed by atoms with Crippen molar-refractivity contribution >= 4 is 17.1 Å². The molecule has 4 heteroatoms. The first-order chi connectivity index (χ1) is 12.0. The van der Waals surface area contributed by atoms with E-state index in [1.54, 1.807) is 0 Å². The Balaban J connectivity index is 1.65. The van der Waals surface area contributed by atoms with Gasteiger partial charge in [0.05, 0.1) is 18.3 Å². The molecule has 0 bridgehead atoms. The van der Waals surface area contributed by atoms with E-state index in [2.05, 4.69) is 43.7 Å². The summed E-state index contributed by atoms with van der Waals surface area (Å²) in [5.41, 5.74) is 3.26. The predicted octanol–water partition coefficient (Wildman–Crippen LogP) is 4.46. The fourth-order valence-electron chi connectivity index (χ4n) is 3.14. The second kappa shape index (κ2) is 6.03. The van der Waals surface area contributed by atoms with Crippen LogP contribution in [0.2, 0.25) is 0 Å². The average molecular weight is 333 g/mol. The van der Waals surface area contributed by atoms with Gasteiger partial charge in [-0.15, -0.1) is 0 Å². The number of nitrogens with zero attached hydrogens (tertiary/aromatic N) is 3. The third kappa shape index (κ3) is 3.04. The highest BCUT2D eigenvalue weighted by molar-refractivity contribution is 5.99. The van der Waals surface area contributed by atoms with Crippen LogP contribution >= 0.6 is 0 Å². The standard InChI is InChI=1S/C21H23N3O/c1-21(2,3)19-13-24-17(12-22-19)16-10-7-11-18(20(16)23-24)25-14-15-8-5-4-6-9-15/h4-12,19H,13-14H2,1-3H3. The summed E-state index contributed by atoms with van der Waals surface area (Å²) in [6.07, 6.45) is 1.97. The summed E-state index contributed by atoms with van der Waals surface area (Å²) in [5.74, 6) is 0.823. The number of ether oxygens (including phenoxy) is 1. The Morgan fingerprint density at radius 2 is 1.88 bits per heavy atom. The Morgan fingerprint density at radius 1 is 1.08 bits per heavy atom. The zero-order valence-corrected chi connectivity index (χ0v) is 14.9. The van der Waals surface area contributed by atoms with Crippen LogP contribution < -0.4 is 4.74 Å². The minimum Gasteiger partial charge on any atom is -0.487 e. The van der Waals surface area contributed by atoms with Crippen molar-refractivity contribution in [1.82, 2.24) is 9.78 Å². The van der Waals surface area contributed by atoms with Gasteiger partial charge in [-0.2, -0.15) is 5.10 Å². The van der Waals surface area contributed by atoms with E-state index < -0.39 is 0 Å². The molecule has 4 rings (SSSR count). The largest absolute Gasteiger partial charge is 0.487 e. The number of aromatic nitrogens is 2. The quantitative estimate of drug-likeness (QED) is 0.710. The zero-order chi connectivity index (χ0) is 17.4. The minimum absolute atomic E-state index is 0.124. The maximum absolute atomic E-state index is 6.06. The van der Waals surface area contributed by atoms with Gasteiger partial charge in [-0.3, -0.25) is 9.67 Å². The van der Waals surface area contributed by atoms with Gasteiger partial charge in [0.1, 0.15) is 17.9 Å². The first-order valence-electron chi connectivity index (χ1n) is 8.72. The predicted molar refractivity (Wildman–Crippen MR) is 101 cm³/mol. The molecule has 3 aromatic rings. The van der Waals surface area contributed by atoms with Crippen molar-refractivity contribution in [2.45, 2.75) is 40.0 Å². The number of rotatable bonds is 3. The van der Waals surface area contributed by atoms with Gasteiger partial charge in [0.25, 0.3) is 0 Å². The van der Waals surface area contributed by atoms with Gasteiger partial charge in [0, 0.05) is 11.6 Å². The van der Waals surface area contributed by atoms with Crippen LogP contribution in [0.25, 0.3) is 10.9 Å². The Morgan fingerprint density at radius 3 is 2.64 bits per heavy atom. The molecule has 0 aliphatic carbocycles. The molecule has 0 spiro atoms. The highest BCUT2D eigenvalue weighted by Crippen LogP contribution is 2.32. The second-order valence-corrected chi connectivity index (χ2v) is 7.65. The van der Waals surface area contributed by atoms with Gasteiger partial charge in [-0.05, 0) is 17.0 Å². The Kier molecular flexibility index (Phi) is 3.83. The van der Waals surface area contributed by atoms with Crippen LogP contribution in [0.5, 0.6) is 5.75 Å². The lowest BCUT2D eigenvalue weighted by Crippen LogP contribution is -2.33. The van der Waals surface area contributed by atoms with E-state index in [0.29, 0.717) is 6.61 Å². The lowest BCUT2D eigenvalue weighted by atomic mass is 9.86. The molecule has 1 atom stereocenters. The molecule has 0 radical (unpaired) electrons. The molecule has 2 aromatic carbocycles. The highest BCUT2D eigenvalue weighted by atomic mass is 16.5. The number of aliphatic imine (C=N–C) groups is 1. The van der Waals surface area contributed by atoms with E-state index in [1.807, 2.05) is 36.5 Å². The smallest absolute Gasteiger partial charge is 0.147 e. The molecule has 25 heavy (non-hydrogen) atoms. The SMILES string of the molecule is CC(C)(C)C1Cn2nc3c(OCc4ccccc4)cccc3c2C=N1. The molecule has 0 saturated heterocycles. The third-order valence-electron chi connectivity index (χ3n) is 4.73. The van der Waals surface area contributed by atoms with Crippen molar-refractivity contribution in [3.05, 3.63) is 59.8 Å². The summed E-state index contributed by atoms with van der Waals surface area (Å²) in [4.78, 5) is 4.76. The van der Waals surface area contributed by atoms with Gasteiger partial charge in [-0.1, -0.05) is 63.2 Å². The second-order valence-electron chi connectivity index (χ2n) is 7.65. The molecule has 2 heterocycles. The van der Waals surface area contributed by atoms with E-state index >= 15 is 0 Å². The molecule has 0 fully saturated rings. The summed E-state index contributed by atoms with van der Waals surface area (Å²) in [6, 6.07) is 16.5. The van der Waals surface area contributed by atoms with E-state index in [4.69, 9.17) is 14.8 Å². The van der Waals surface area contributed by atoms with E-state index in [-0.39, 0.29) is 11.5 Å². The van der Waals surface area contributed by atoms with Crippen LogP contribution in [0, 0.1) is 5.41 Å². The molecule has 0 N–H and O–H groups in total. The number of hydrogen-bond donors (Lipinski definition) is 0. The molecular weight excluding hydrogens is 310 g/mol. The van der Waals surface area contributed by atoms with Gasteiger partial charge >= 0.3 is 0 Å². The number of fused-ring (bicyclic) bond motifs is 3. The van der Waals surface area contributed by atoms with Crippen LogP contribution in [0.1, 0.15) is 32.0 Å². The normalized spacial score (nSPS) is 16.8. The summed E-state index contributed by atoms with van der Waals surface area (Å²) in [7, 11) is 0. The lowest BCUT2D eigenvalue weighted by molar-refractivity contribution is 0.281. The maximum atomic E-state index is 6.06. The molecule has 1 aliphatic rings. The van der Waals surface area contributed by atoms with Crippen molar-refractivity contribution < 1.29 is 4.74 Å². The molecule has 1 aromatic heterocycles. The number of benzene rings is 2. The molecule has 0 amide bonds. The molecule has 1 unspecified atom stereocenters. The maximum Gasteiger partial charge on any atom is 0.147 e. The van der Waals surface area contributed by atoms with Crippen molar-refractivity contribution in [2.75, 3.05) is 0 Å². The zero-order valence-electron chi connectivity index (χ0n) is 14.9. The average Bonchev–Trinajstić information content (AvgIpc) is 2.98. The first kappa shape index (κ1) is 15.9. The van der Waals surface area contributed by atoms with E-state index in [1.165, 1.54) is 0 Å². The topological polar surface area (TPSA) is 39.4 Å². The van der Waals surface area contributed by atoms with Crippen molar-refractivity contribution in [3.8, 4) is 5.75 Å². The van der Waals surface area contributed by atoms with Crippen LogP contribution in [0.15, 0.2) is 53.5 Å². The van der Waals surface area contributed by atoms with Crippen LogP contribution in [0.3, 0.4) is 0 Å². The summed E-state index contributed by atoms with van der Waals surface area (Å²) < 4.78 is 8.13. The van der Waals surface area contributed by atoms with Crippen molar-refractivity contribution in [3.63, 3.8) is 0 Å². The molecular formula is C21H23N3O. The van der Waals surface area contributed by atoms with Crippen LogP contribution in [-0.4, -0.2) is 22.0 Å².